The van der Waals surface area contributed by atoms with Crippen LogP contribution in [-0.4, -0.2) is 26.8 Å². The normalized spacial score (nSPS) is 11.7. The molecule has 2 rings (SSSR count). The van der Waals surface area contributed by atoms with Gasteiger partial charge in [-0.15, -0.1) is 5.10 Å². The molecule has 6 nitrogen and oxygen atoms in total. The molecule has 2 N–H and O–H groups in total. The predicted octanol–water partition coefficient (Wildman–Crippen LogP) is 1.54. The van der Waals surface area contributed by atoms with Crippen molar-refractivity contribution in [1.82, 2.24) is 20.2 Å². The summed E-state index contributed by atoms with van der Waals surface area (Å²) in [7, 11) is 0. The molecule has 0 fully saturated rings. The van der Waals surface area contributed by atoms with Crippen LogP contribution >= 0.6 is 0 Å². The molecule has 1 heterocycles. The third-order valence-electron chi connectivity index (χ3n) is 2.53. The molecule has 2 aromatic rings. The van der Waals surface area contributed by atoms with Gasteiger partial charge in [-0.05, 0) is 35.5 Å². The van der Waals surface area contributed by atoms with Crippen LogP contribution < -0.4 is 10.5 Å². The molecule has 0 bridgehead atoms. The van der Waals surface area contributed by atoms with E-state index in [2.05, 4.69) is 15.5 Å². The Bertz CT molecular complexity index is 596. The van der Waals surface area contributed by atoms with Crippen molar-refractivity contribution in [2.75, 3.05) is 6.61 Å². The maximum Gasteiger partial charge on any atom is 0.453 e. The second kappa shape index (κ2) is 5.45. The number of ether oxygens (including phenoxy) is 1. The van der Waals surface area contributed by atoms with Crippen molar-refractivity contribution in [3.05, 3.63) is 29.6 Å². The molecule has 0 saturated heterocycles. The number of alkyl halides is 3. The highest BCUT2D eigenvalue weighted by atomic mass is 19.4. The lowest BCUT2D eigenvalue weighted by molar-refractivity contribution is -0.146. The van der Waals surface area contributed by atoms with Gasteiger partial charge in [0.05, 0.1) is 12.3 Å². The summed E-state index contributed by atoms with van der Waals surface area (Å²) in [5.74, 6) is -0.662. The number of benzene rings is 1. The Balaban J connectivity index is 2.46. The zero-order chi connectivity index (χ0) is 14.8. The minimum atomic E-state index is -4.63. The molecule has 0 aliphatic heterocycles. The van der Waals surface area contributed by atoms with Crippen LogP contribution in [0.1, 0.15) is 18.3 Å². The number of hydrogen-bond donors (Lipinski definition) is 1. The lowest BCUT2D eigenvalue weighted by Crippen LogP contribution is -2.15. The molecule has 1 aromatic heterocycles. The van der Waals surface area contributed by atoms with Crippen LogP contribution in [0, 0.1) is 0 Å². The first-order chi connectivity index (χ1) is 9.47. The van der Waals surface area contributed by atoms with Crippen molar-refractivity contribution >= 4 is 0 Å². The Morgan fingerprint density at radius 2 is 2.10 bits per heavy atom. The van der Waals surface area contributed by atoms with E-state index in [4.69, 9.17) is 10.5 Å². The van der Waals surface area contributed by atoms with E-state index in [0.717, 1.165) is 0 Å². The fourth-order valence-corrected chi connectivity index (χ4v) is 1.69. The van der Waals surface area contributed by atoms with Gasteiger partial charge in [-0.25, -0.2) is 0 Å². The van der Waals surface area contributed by atoms with Crippen LogP contribution in [0.3, 0.4) is 0 Å². The zero-order valence-corrected chi connectivity index (χ0v) is 10.6. The second-order valence-electron chi connectivity index (χ2n) is 3.84. The number of halogens is 3. The van der Waals surface area contributed by atoms with Crippen molar-refractivity contribution in [3.63, 3.8) is 0 Å². The van der Waals surface area contributed by atoms with Crippen LogP contribution in [0.4, 0.5) is 13.2 Å². The van der Waals surface area contributed by atoms with Gasteiger partial charge in [-0.1, -0.05) is 0 Å². The molecule has 9 heteroatoms. The minimum Gasteiger partial charge on any atom is -0.494 e. The fourth-order valence-electron chi connectivity index (χ4n) is 1.69. The first-order valence-electron chi connectivity index (χ1n) is 5.79. The van der Waals surface area contributed by atoms with Crippen molar-refractivity contribution in [2.45, 2.75) is 19.6 Å². The highest BCUT2D eigenvalue weighted by Gasteiger charge is 2.38. The monoisotopic (exact) mass is 287 g/mol. The standard InChI is InChI=1S/C11H12F3N5O/c1-2-20-9-4-3-8(5-7(9)6-15)19-10(11(12,13)14)16-17-18-19/h3-5H,2,6,15H2,1H3. The lowest BCUT2D eigenvalue weighted by atomic mass is 10.1. The number of rotatable bonds is 4. The molecular formula is C11H12F3N5O. The van der Waals surface area contributed by atoms with Crippen LogP contribution in [0.2, 0.25) is 0 Å². The molecule has 108 valence electrons. The largest absolute Gasteiger partial charge is 0.494 e. The highest BCUT2D eigenvalue weighted by molar-refractivity contribution is 5.44. The van der Waals surface area contributed by atoms with E-state index >= 15 is 0 Å². The fraction of sp³-hybridized carbons (Fsp3) is 0.364. The Labute approximate surface area is 112 Å². The summed E-state index contributed by atoms with van der Waals surface area (Å²) >= 11 is 0. The van der Waals surface area contributed by atoms with Crippen LogP contribution in [0.15, 0.2) is 18.2 Å². The van der Waals surface area contributed by atoms with Crippen LogP contribution in [0.25, 0.3) is 5.69 Å². The smallest absolute Gasteiger partial charge is 0.453 e. The van der Waals surface area contributed by atoms with Crippen molar-refractivity contribution in [1.29, 1.82) is 0 Å². The van der Waals surface area contributed by atoms with E-state index < -0.39 is 12.0 Å². The van der Waals surface area contributed by atoms with Crippen molar-refractivity contribution in [3.8, 4) is 11.4 Å². The molecule has 0 radical (unpaired) electrons. The summed E-state index contributed by atoms with van der Waals surface area (Å²) < 4.78 is 44.2. The summed E-state index contributed by atoms with van der Waals surface area (Å²) in [5, 5.41) is 9.41. The van der Waals surface area contributed by atoms with Crippen LogP contribution in [0.5, 0.6) is 5.75 Å². The van der Waals surface area contributed by atoms with Gasteiger partial charge in [0.1, 0.15) is 5.75 Å². The van der Waals surface area contributed by atoms with Gasteiger partial charge in [0.25, 0.3) is 5.82 Å². The minimum absolute atomic E-state index is 0.132. The van der Waals surface area contributed by atoms with E-state index in [1.807, 2.05) is 0 Å². The molecule has 0 spiro atoms. The Morgan fingerprint density at radius 3 is 2.70 bits per heavy atom. The SMILES string of the molecule is CCOc1ccc(-n2nnnc2C(F)(F)F)cc1CN. The summed E-state index contributed by atoms with van der Waals surface area (Å²) in [6.07, 6.45) is -4.63. The molecule has 0 amide bonds. The quantitative estimate of drug-likeness (QED) is 0.922. The first kappa shape index (κ1) is 14.3. The Morgan fingerprint density at radius 1 is 1.35 bits per heavy atom. The van der Waals surface area contributed by atoms with Gasteiger partial charge >= 0.3 is 6.18 Å². The summed E-state index contributed by atoms with van der Waals surface area (Å²) in [4.78, 5) is 0. The van der Waals surface area contributed by atoms with Gasteiger partial charge in [0, 0.05) is 12.1 Å². The number of tetrazole rings is 1. The van der Waals surface area contributed by atoms with Gasteiger partial charge in [-0.2, -0.15) is 17.9 Å². The van der Waals surface area contributed by atoms with Crippen molar-refractivity contribution in [2.24, 2.45) is 5.73 Å². The van der Waals surface area contributed by atoms with E-state index in [1.165, 1.54) is 12.1 Å². The molecule has 0 atom stereocenters. The third-order valence-corrected chi connectivity index (χ3v) is 2.53. The summed E-state index contributed by atoms with van der Waals surface area (Å²) in [6.45, 7) is 2.37. The summed E-state index contributed by atoms with van der Waals surface area (Å²) in [5.41, 5.74) is 6.31. The van der Waals surface area contributed by atoms with Gasteiger partial charge < -0.3 is 10.5 Å². The van der Waals surface area contributed by atoms with Gasteiger partial charge in [0.2, 0.25) is 0 Å². The van der Waals surface area contributed by atoms with E-state index in [-0.39, 0.29) is 12.2 Å². The molecule has 1 aromatic carbocycles. The molecule has 0 aliphatic rings. The number of nitrogens with zero attached hydrogens (tertiary/aromatic N) is 4. The molecule has 0 aliphatic carbocycles. The highest BCUT2D eigenvalue weighted by Crippen LogP contribution is 2.29. The average Bonchev–Trinajstić information content (AvgIpc) is 2.88. The van der Waals surface area contributed by atoms with Crippen molar-refractivity contribution < 1.29 is 17.9 Å². The number of hydrogen-bond acceptors (Lipinski definition) is 5. The molecular weight excluding hydrogens is 275 g/mol. The first-order valence-corrected chi connectivity index (χ1v) is 5.79. The van der Waals surface area contributed by atoms with Crippen LogP contribution in [-0.2, 0) is 12.7 Å². The predicted molar refractivity (Wildman–Crippen MR) is 63.2 cm³/mol. The second-order valence-corrected chi connectivity index (χ2v) is 3.84. The lowest BCUT2D eigenvalue weighted by Gasteiger charge is -2.12. The summed E-state index contributed by atoms with van der Waals surface area (Å²) in [6, 6.07) is 4.45. The maximum absolute atomic E-state index is 12.7. The Kier molecular flexibility index (Phi) is 3.89. The van der Waals surface area contributed by atoms with E-state index in [0.29, 0.717) is 22.6 Å². The zero-order valence-electron chi connectivity index (χ0n) is 10.6. The van der Waals surface area contributed by atoms with E-state index in [1.54, 1.807) is 13.0 Å². The topological polar surface area (TPSA) is 78.8 Å². The molecule has 20 heavy (non-hydrogen) atoms. The molecule has 0 saturated carbocycles. The maximum atomic E-state index is 12.7. The van der Waals surface area contributed by atoms with Gasteiger partial charge in [0.15, 0.2) is 0 Å². The van der Waals surface area contributed by atoms with Gasteiger partial charge in [-0.3, -0.25) is 0 Å². The van der Waals surface area contributed by atoms with E-state index in [9.17, 15) is 13.2 Å². The Hall–Kier alpha value is -2.16. The molecule has 0 unspecified atom stereocenters. The third kappa shape index (κ3) is 2.72. The number of nitrogens with two attached hydrogens (primary N) is 1. The average molecular weight is 287 g/mol. The number of aromatic nitrogens is 4.